The third-order valence-corrected chi connectivity index (χ3v) is 6.84. The summed E-state index contributed by atoms with van der Waals surface area (Å²) in [6.45, 7) is 5.07. The number of likely N-dealkylation sites (tertiary alicyclic amines) is 1. The molecule has 0 spiro atoms. The number of hydrogen-bond donors (Lipinski definition) is 3. The predicted molar refractivity (Wildman–Crippen MR) is 88.6 cm³/mol. The summed E-state index contributed by atoms with van der Waals surface area (Å²) in [6.07, 6.45) is 6.00. The molecule has 122 valence electrons. The SMILES string of the molecule is CCC1CC[NH+](CC(=O)C2CCC(I)C([NH+]([O-])O)C2)CC1. The van der Waals surface area contributed by atoms with E-state index < -0.39 is 5.23 Å². The van der Waals surface area contributed by atoms with E-state index in [0.29, 0.717) is 18.7 Å². The maximum atomic E-state index is 12.5. The Balaban J connectivity index is 1.81. The molecule has 0 aromatic carbocycles. The van der Waals surface area contributed by atoms with Crippen LogP contribution in [-0.2, 0) is 4.79 Å². The molecular formula is C15H28IN2O3+. The van der Waals surface area contributed by atoms with E-state index in [1.54, 1.807) is 0 Å². The molecule has 4 atom stereocenters. The second-order valence-electron chi connectivity index (χ2n) is 6.72. The van der Waals surface area contributed by atoms with Gasteiger partial charge in [0.15, 0.2) is 5.78 Å². The minimum absolute atomic E-state index is 0.0199. The molecule has 1 aliphatic carbocycles. The van der Waals surface area contributed by atoms with Crippen molar-refractivity contribution < 1.29 is 20.1 Å². The van der Waals surface area contributed by atoms with Crippen LogP contribution >= 0.6 is 22.6 Å². The standard InChI is InChI=1S/C15H27IN2O3/c1-2-11-5-7-17(8-6-11)10-15(19)12-3-4-13(16)14(9-12)18(20)21/h11-14,18,20H,2-10H2,1H3/p+1. The summed E-state index contributed by atoms with van der Waals surface area (Å²) in [4.78, 5) is 13.9. The van der Waals surface area contributed by atoms with Gasteiger partial charge in [-0.15, -0.1) is 0 Å². The number of piperidine rings is 1. The molecular weight excluding hydrogens is 383 g/mol. The Morgan fingerprint density at radius 2 is 2.00 bits per heavy atom. The van der Waals surface area contributed by atoms with Crippen LogP contribution in [0.1, 0.15) is 45.4 Å². The molecule has 2 rings (SSSR count). The van der Waals surface area contributed by atoms with Crippen molar-refractivity contribution in [1.82, 2.24) is 0 Å². The fraction of sp³-hybridized carbons (Fsp3) is 0.933. The van der Waals surface area contributed by atoms with Crippen LogP contribution in [0, 0.1) is 17.0 Å². The zero-order valence-corrected chi connectivity index (χ0v) is 15.0. The van der Waals surface area contributed by atoms with Gasteiger partial charge >= 0.3 is 0 Å². The Labute approximate surface area is 140 Å². The van der Waals surface area contributed by atoms with Crippen LogP contribution in [0.5, 0.6) is 0 Å². The van der Waals surface area contributed by atoms with Crippen LogP contribution in [0.3, 0.4) is 0 Å². The highest BCUT2D eigenvalue weighted by molar-refractivity contribution is 14.1. The maximum Gasteiger partial charge on any atom is 0.190 e. The van der Waals surface area contributed by atoms with Crippen LogP contribution in [0.4, 0.5) is 0 Å². The number of nitrogens with one attached hydrogen (secondary N) is 2. The summed E-state index contributed by atoms with van der Waals surface area (Å²) < 4.78 is 0.178. The summed E-state index contributed by atoms with van der Waals surface area (Å²) in [6, 6.07) is -0.339. The minimum Gasteiger partial charge on any atom is -0.600 e. The van der Waals surface area contributed by atoms with E-state index in [9.17, 15) is 15.2 Å². The van der Waals surface area contributed by atoms with Crippen molar-refractivity contribution in [2.45, 2.75) is 55.4 Å². The summed E-state index contributed by atoms with van der Waals surface area (Å²) >= 11 is 2.23. The average molecular weight is 411 g/mol. The molecule has 1 saturated carbocycles. The van der Waals surface area contributed by atoms with Crippen molar-refractivity contribution >= 4 is 28.4 Å². The summed E-state index contributed by atoms with van der Waals surface area (Å²) in [5.41, 5.74) is 0. The topological polar surface area (TPSA) is 69.2 Å². The summed E-state index contributed by atoms with van der Waals surface area (Å²) in [5.74, 6) is 1.12. The molecule has 3 N–H and O–H groups in total. The number of alkyl halides is 1. The lowest BCUT2D eigenvalue weighted by Gasteiger charge is -2.35. The molecule has 1 aliphatic heterocycles. The molecule has 1 heterocycles. The van der Waals surface area contributed by atoms with Gasteiger partial charge in [0.25, 0.3) is 0 Å². The molecule has 21 heavy (non-hydrogen) atoms. The van der Waals surface area contributed by atoms with Gasteiger partial charge < -0.3 is 10.1 Å². The van der Waals surface area contributed by atoms with Gasteiger partial charge in [-0.25, -0.2) is 10.4 Å². The Bertz CT molecular complexity index is 346. The predicted octanol–water partition coefficient (Wildman–Crippen LogP) is 0.00460. The van der Waals surface area contributed by atoms with Crippen molar-refractivity contribution in [2.24, 2.45) is 11.8 Å². The first-order valence-corrected chi connectivity index (χ1v) is 9.49. The van der Waals surface area contributed by atoms with Crippen LogP contribution in [0.25, 0.3) is 0 Å². The van der Waals surface area contributed by atoms with E-state index in [-0.39, 0.29) is 15.9 Å². The van der Waals surface area contributed by atoms with E-state index in [4.69, 9.17) is 0 Å². The van der Waals surface area contributed by atoms with Crippen LogP contribution in [-0.4, -0.2) is 40.6 Å². The molecule has 2 aliphatic rings. The molecule has 5 nitrogen and oxygen atoms in total. The van der Waals surface area contributed by atoms with E-state index in [2.05, 4.69) is 29.5 Å². The minimum atomic E-state index is -0.733. The quantitative estimate of drug-likeness (QED) is 0.339. The summed E-state index contributed by atoms with van der Waals surface area (Å²) in [7, 11) is 0. The number of ketones is 1. The van der Waals surface area contributed by atoms with Crippen molar-refractivity contribution in [2.75, 3.05) is 19.6 Å². The fourth-order valence-electron chi connectivity index (χ4n) is 3.74. The van der Waals surface area contributed by atoms with Gasteiger partial charge in [0.1, 0.15) is 12.6 Å². The highest BCUT2D eigenvalue weighted by Gasteiger charge is 2.37. The molecule has 0 bridgehead atoms. The zero-order valence-electron chi connectivity index (χ0n) is 12.8. The highest BCUT2D eigenvalue weighted by atomic mass is 127. The van der Waals surface area contributed by atoms with Crippen molar-refractivity contribution in [1.29, 1.82) is 0 Å². The molecule has 1 saturated heterocycles. The van der Waals surface area contributed by atoms with Gasteiger partial charge in [0.05, 0.1) is 17.0 Å². The molecule has 2 fully saturated rings. The molecule has 0 aromatic rings. The van der Waals surface area contributed by atoms with E-state index in [0.717, 1.165) is 31.8 Å². The number of carbonyl (C=O) groups excluding carboxylic acids is 1. The first kappa shape index (κ1) is 17.6. The highest BCUT2D eigenvalue weighted by Crippen LogP contribution is 2.28. The number of hydrogen-bond acceptors (Lipinski definition) is 3. The normalized spacial score (nSPS) is 39.0. The van der Waals surface area contributed by atoms with Crippen molar-refractivity contribution in [3.05, 3.63) is 5.21 Å². The average Bonchev–Trinajstić information content (AvgIpc) is 2.48. The molecule has 0 amide bonds. The Hall–Kier alpha value is 0.240. The number of Topliss-reactive ketones (excluding diaryl/α,β-unsaturated/α-hetero) is 1. The molecule has 0 radical (unpaired) electrons. The summed E-state index contributed by atoms with van der Waals surface area (Å²) in [5, 5.41) is 19.8. The number of quaternary nitrogens is 2. The Morgan fingerprint density at radius 1 is 1.33 bits per heavy atom. The number of carbonyl (C=O) groups is 1. The zero-order chi connectivity index (χ0) is 15.4. The smallest absolute Gasteiger partial charge is 0.190 e. The van der Waals surface area contributed by atoms with Gasteiger partial charge in [0.2, 0.25) is 0 Å². The van der Waals surface area contributed by atoms with Gasteiger partial charge in [-0.05, 0) is 31.6 Å². The van der Waals surface area contributed by atoms with Gasteiger partial charge in [0, 0.05) is 12.3 Å². The Kier molecular flexibility index (Phi) is 6.86. The van der Waals surface area contributed by atoms with Crippen molar-refractivity contribution in [3.8, 4) is 0 Å². The van der Waals surface area contributed by atoms with E-state index in [1.165, 1.54) is 24.2 Å². The van der Waals surface area contributed by atoms with Gasteiger partial charge in [-0.3, -0.25) is 4.79 Å². The van der Waals surface area contributed by atoms with E-state index >= 15 is 0 Å². The van der Waals surface area contributed by atoms with Gasteiger partial charge in [-0.1, -0.05) is 35.9 Å². The number of rotatable bonds is 5. The lowest BCUT2D eigenvalue weighted by molar-refractivity contribution is -1.07. The van der Waals surface area contributed by atoms with Crippen LogP contribution in [0.15, 0.2) is 0 Å². The third-order valence-electron chi connectivity index (χ3n) is 5.35. The number of halogens is 1. The van der Waals surface area contributed by atoms with Gasteiger partial charge in [-0.2, -0.15) is 0 Å². The molecule has 0 aromatic heterocycles. The Morgan fingerprint density at radius 3 is 2.57 bits per heavy atom. The van der Waals surface area contributed by atoms with E-state index in [1.807, 2.05) is 0 Å². The second-order valence-corrected chi connectivity index (χ2v) is 8.32. The van der Waals surface area contributed by atoms with Crippen molar-refractivity contribution in [3.63, 3.8) is 0 Å². The lowest BCUT2D eigenvalue weighted by Crippen LogP contribution is -3.14. The number of hydroxylamine groups is 2. The maximum absolute atomic E-state index is 12.5. The monoisotopic (exact) mass is 411 g/mol. The fourth-order valence-corrected chi connectivity index (χ4v) is 4.70. The lowest BCUT2D eigenvalue weighted by atomic mass is 9.83. The van der Waals surface area contributed by atoms with Crippen LogP contribution in [0.2, 0.25) is 0 Å². The van der Waals surface area contributed by atoms with Crippen LogP contribution < -0.4 is 10.1 Å². The largest absolute Gasteiger partial charge is 0.600 e. The molecule has 4 unspecified atom stereocenters. The molecule has 6 heteroatoms. The third kappa shape index (κ3) is 4.86. The second kappa shape index (κ2) is 8.19. The first-order valence-electron chi connectivity index (χ1n) is 8.24. The first-order chi connectivity index (χ1) is 10.0.